The number of thiocarbonyl (C=S) groups is 1. The molecule has 0 spiro atoms. The molecule has 1 saturated carbocycles. The normalized spacial score (nSPS) is 29.6. The van der Waals surface area contributed by atoms with Gasteiger partial charge in [0.2, 0.25) is 5.91 Å². The van der Waals surface area contributed by atoms with Crippen LogP contribution in [0.1, 0.15) is 51.9 Å². The van der Waals surface area contributed by atoms with E-state index in [1.807, 2.05) is 0 Å². The Balaban J connectivity index is 2.06. The Morgan fingerprint density at radius 1 is 1.35 bits per heavy atom. The van der Waals surface area contributed by atoms with E-state index in [0.29, 0.717) is 37.0 Å². The second-order valence-electron chi connectivity index (χ2n) is 6.09. The summed E-state index contributed by atoms with van der Waals surface area (Å²) in [5.41, 5.74) is 5.20. The van der Waals surface area contributed by atoms with Crippen molar-refractivity contribution in [2.45, 2.75) is 57.9 Å². The first-order valence-electron chi connectivity index (χ1n) is 7.79. The minimum Gasteiger partial charge on any atom is -0.392 e. The minimum absolute atomic E-state index is 0.0265. The summed E-state index contributed by atoms with van der Waals surface area (Å²) in [6, 6.07) is 0.287. The molecule has 0 aromatic carbocycles. The summed E-state index contributed by atoms with van der Waals surface area (Å²) < 4.78 is 5.36. The zero-order valence-corrected chi connectivity index (χ0v) is 13.1. The standard InChI is InChI=1S/C15H26N2O2S/c1-2-11-5-3-4-6-12(11)17-14(18)15(13(16)20)7-9-19-10-8-15/h11-12H,2-10H2,1H3,(H2,16,20)(H,17,18). The van der Waals surface area contributed by atoms with Gasteiger partial charge in [0.25, 0.3) is 0 Å². The molecular weight excluding hydrogens is 272 g/mol. The van der Waals surface area contributed by atoms with E-state index in [-0.39, 0.29) is 11.9 Å². The summed E-state index contributed by atoms with van der Waals surface area (Å²) in [5.74, 6) is 0.620. The van der Waals surface area contributed by atoms with E-state index in [1.54, 1.807) is 0 Å². The first-order valence-corrected chi connectivity index (χ1v) is 8.19. The van der Waals surface area contributed by atoms with Gasteiger partial charge >= 0.3 is 0 Å². The summed E-state index contributed by atoms with van der Waals surface area (Å²) in [6.07, 6.45) is 7.10. The third kappa shape index (κ3) is 3.14. The molecule has 5 heteroatoms. The summed E-state index contributed by atoms with van der Waals surface area (Å²) >= 11 is 5.19. The Morgan fingerprint density at radius 2 is 2.00 bits per heavy atom. The van der Waals surface area contributed by atoms with Crippen molar-refractivity contribution in [3.05, 3.63) is 0 Å². The predicted molar refractivity (Wildman–Crippen MR) is 83.5 cm³/mol. The van der Waals surface area contributed by atoms with Crippen molar-refractivity contribution >= 4 is 23.1 Å². The Labute approximate surface area is 126 Å². The number of nitrogens with one attached hydrogen (secondary N) is 1. The number of hydrogen-bond acceptors (Lipinski definition) is 3. The molecule has 2 rings (SSSR count). The zero-order chi connectivity index (χ0) is 14.6. The fourth-order valence-electron chi connectivity index (χ4n) is 3.50. The topological polar surface area (TPSA) is 64.4 Å². The van der Waals surface area contributed by atoms with E-state index >= 15 is 0 Å². The molecule has 0 bridgehead atoms. The van der Waals surface area contributed by atoms with Crippen LogP contribution in [0.15, 0.2) is 0 Å². The summed E-state index contributed by atoms with van der Waals surface area (Å²) in [4.78, 5) is 13.1. The molecule has 2 unspecified atom stereocenters. The van der Waals surface area contributed by atoms with Crippen LogP contribution < -0.4 is 11.1 Å². The lowest BCUT2D eigenvalue weighted by Gasteiger charge is -2.38. The van der Waals surface area contributed by atoms with Crippen LogP contribution in [0.25, 0.3) is 0 Å². The molecule has 3 N–H and O–H groups in total. The molecule has 1 aliphatic heterocycles. The second-order valence-corrected chi connectivity index (χ2v) is 6.53. The maximum absolute atomic E-state index is 12.8. The molecule has 2 fully saturated rings. The van der Waals surface area contributed by atoms with Crippen LogP contribution in [0.4, 0.5) is 0 Å². The van der Waals surface area contributed by atoms with Crippen LogP contribution in [0, 0.1) is 11.3 Å². The number of hydrogen-bond donors (Lipinski definition) is 2. The Bertz CT molecular complexity index is 367. The Morgan fingerprint density at radius 3 is 2.60 bits per heavy atom. The van der Waals surface area contributed by atoms with Crippen molar-refractivity contribution in [1.29, 1.82) is 0 Å². The molecule has 20 heavy (non-hydrogen) atoms. The average molecular weight is 298 g/mol. The smallest absolute Gasteiger partial charge is 0.233 e. The highest BCUT2D eigenvalue weighted by Gasteiger charge is 2.44. The Hall–Kier alpha value is -0.680. The van der Waals surface area contributed by atoms with Crippen LogP contribution in [0.2, 0.25) is 0 Å². The summed E-state index contributed by atoms with van der Waals surface area (Å²) in [5, 5.41) is 3.25. The van der Waals surface area contributed by atoms with Gasteiger partial charge in [-0.05, 0) is 31.6 Å². The van der Waals surface area contributed by atoms with Crippen LogP contribution in [0.3, 0.4) is 0 Å². The number of ether oxygens (including phenoxy) is 1. The predicted octanol–water partition coefficient (Wildman–Crippen LogP) is 2.15. The SMILES string of the molecule is CCC1CCCCC1NC(=O)C1(C(N)=S)CCOCC1. The fourth-order valence-corrected chi connectivity index (χ4v) is 3.79. The number of carbonyl (C=O) groups excluding carboxylic acids is 1. The number of amides is 1. The van der Waals surface area contributed by atoms with E-state index < -0.39 is 5.41 Å². The highest BCUT2D eigenvalue weighted by atomic mass is 32.1. The van der Waals surface area contributed by atoms with Gasteiger partial charge in [-0.1, -0.05) is 38.4 Å². The molecule has 1 heterocycles. The average Bonchev–Trinajstić information content (AvgIpc) is 2.48. The van der Waals surface area contributed by atoms with Crippen molar-refractivity contribution < 1.29 is 9.53 Å². The van der Waals surface area contributed by atoms with E-state index in [2.05, 4.69) is 12.2 Å². The largest absolute Gasteiger partial charge is 0.392 e. The minimum atomic E-state index is -0.691. The quantitative estimate of drug-likeness (QED) is 0.781. The lowest BCUT2D eigenvalue weighted by Crippen LogP contribution is -2.55. The number of rotatable bonds is 4. The first-order chi connectivity index (χ1) is 9.60. The molecule has 1 saturated heterocycles. The second kappa shape index (κ2) is 6.85. The highest BCUT2D eigenvalue weighted by Crippen LogP contribution is 2.33. The van der Waals surface area contributed by atoms with E-state index in [0.717, 1.165) is 12.8 Å². The first kappa shape index (κ1) is 15.7. The third-order valence-corrected chi connectivity index (χ3v) is 5.39. The van der Waals surface area contributed by atoms with Crippen LogP contribution >= 0.6 is 12.2 Å². The van der Waals surface area contributed by atoms with E-state index in [1.165, 1.54) is 19.3 Å². The van der Waals surface area contributed by atoms with Gasteiger partial charge in [-0.3, -0.25) is 4.79 Å². The molecular formula is C15H26N2O2S. The van der Waals surface area contributed by atoms with Crippen molar-refractivity contribution in [3.8, 4) is 0 Å². The van der Waals surface area contributed by atoms with Gasteiger partial charge in [0, 0.05) is 19.3 Å². The van der Waals surface area contributed by atoms with Gasteiger partial charge in [-0.15, -0.1) is 0 Å². The monoisotopic (exact) mass is 298 g/mol. The van der Waals surface area contributed by atoms with Gasteiger partial charge in [0.05, 0.1) is 4.99 Å². The van der Waals surface area contributed by atoms with Crippen LogP contribution in [0.5, 0.6) is 0 Å². The highest BCUT2D eigenvalue weighted by molar-refractivity contribution is 7.80. The molecule has 2 atom stereocenters. The molecule has 0 aromatic rings. The van der Waals surface area contributed by atoms with Crippen LogP contribution in [-0.2, 0) is 9.53 Å². The molecule has 4 nitrogen and oxygen atoms in total. The van der Waals surface area contributed by atoms with Crippen molar-refractivity contribution in [1.82, 2.24) is 5.32 Å². The molecule has 0 radical (unpaired) electrons. The molecule has 1 amide bonds. The lowest BCUT2D eigenvalue weighted by molar-refractivity contribution is -0.132. The van der Waals surface area contributed by atoms with Gasteiger partial charge in [0.1, 0.15) is 5.41 Å². The van der Waals surface area contributed by atoms with Crippen LogP contribution in [-0.4, -0.2) is 30.2 Å². The lowest BCUT2D eigenvalue weighted by atomic mass is 9.77. The van der Waals surface area contributed by atoms with Gasteiger partial charge < -0.3 is 15.8 Å². The maximum Gasteiger partial charge on any atom is 0.233 e. The molecule has 114 valence electrons. The van der Waals surface area contributed by atoms with Crippen molar-refractivity contribution in [2.24, 2.45) is 17.1 Å². The molecule has 1 aliphatic carbocycles. The third-order valence-electron chi connectivity index (χ3n) is 5.00. The number of nitrogens with two attached hydrogens (primary N) is 1. The maximum atomic E-state index is 12.8. The fraction of sp³-hybridized carbons (Fsp3) is 0.867. The van der Waals surface area contributed by atoms with Crippen molar-refractivity contribution in [2.75, 3.05) is 13.2 Å². The van der Waals surface area contributed by atoms with Gasteiger partial charge in [-0.25, -0.2) is 0 Å². The number of carbonyl (C=O) groups is 1. The molecule has 0 aromatic heterocycles. The van der Waals surface area contributed by atoms with Gasteiger partial charge in [-0.2, -0.15) is 0 Å². The van der Waals surface area contributed by atoms with Crippen molar-refractivity contribution in [3.63, 3.8) is 0 Å². The van der Waals surface area contributed by atoms with E-state index in [4.69, 9.17) is 22.7 Å². The molecule has 2 aliphatic rings. The zero-order valence-electron chi connectivity index (χ0n) is 12.3. The summed E-state index contributed by atoms with van der Waals surface area (Å²) in [6.45, 7) is 3.33. The summed E-state index contributed by atoms with van der Waals surface area (Å²) in [7, 11) is 0. The van der Waals surface area contributed by atoms with E-state index in [9.17, 15) is 4.79 Å². The Kier molecular flexibility index (Phi) is 5.38. The van der Waals surface area contributed by atoms with Gasteiger partial charge in [0.15, 0.2) is 0 Å².